The van der Waals surface area contributed by atoms with Gasteiger partial charge in [0.15, 0.2) is 5.58 Å². The Balaban J connectivity index is 1.29. The summed E-state index contributed by atoms with van der Waals surface area (Å²) in [4.78, 5) is 14.2. The Labute approximate surface area is 309 Å². The van der Waals surface area contributed by atoms with Crippen LogP contribution < -0.4 is 30.9 Å². The molecule has 0 atom stereocenters. The SMILES string of the molecule is CC(C)(C)c1cc2c3c(c1)N(c1ccccc1)c1ccc(-c4nc5ccccc5o4)cc1B3c1cc(Oc3ccccn3)ccc1N2c1ccccc1. The first-order valence-electron chi connectivity index (χ1n) is 18.0. The van der Waals surface area contributed by atoms with E-state index in [2.05, 4.69) is 145 Å². The van der Waals surface area contributed by atoms with Crippen molar-refractivity contribution in [2.75, 3.05) is 9.80 Å². The molecular weight excluding hydrogens is 651 g/mol. The van der Waals surface area contributed by atoms with Gasteiger partial charge in [0, 0.05) is 52.0 Å². The lowest BCUT2D eigenvalue weighted by Crippen LogP contribution is -2.61. The number of anilines is 6. The predicted octanol–water partition coefficient (Wildman–Crippen LogP) is 10.1. The number of rotatable bonds is 5. The summed E-state index contributed by atoms with van der Waals surface area (Å²) in [7, 11) is 0. The van der Waals surface area contributed by atoms with Gasteiger partial charge < -0.3 is 19.0 Å². The lowest BCUT2D eigenvalue weighted by Gasteiger charge is -2.45. The van der Waals surface area contributed by atoms with Crippen LogP contribution in [0.3, 0.4) is 0 Å². The molecule has 10 rings (SSSR count). The van der Waals surface area contributed by atoms with Crippen LogP contribution in [0, 0.1) is 0 Å². The van der Waals surface area contributed by atoms with Crippen molar-refractivity contribution < 1.29 is 9.15 Å². The minimum absolute atomic E-state index is 0.108. The van der Waals surface area contributed by atoms with Crippen molar-refractivity contribution in [3.63, 3.8) is 0 Å². The second-order valence-electron chi connectivity index (χ2n) is 14.7. The molecule has 2 aliphatic heterocycles. The molecule has 2 aromatic heterocycles. The van der Waals surface area contributed by atoms with Crippen molar-refractivity contribution in [3.05, 3.63) is 163 Å². The maximum atomic E-state index is 6.42. The number of nitrogens with zero attached hydrogens (tertiary/aromatic N) is 4. The lowest BCUT2D eigenvalue weighted by atomic mass is 9.33. The zero-order valence-electron chi connectivity index (χ0n) is 29.7. The third kappa shape index (κ3) is 5.19. The van der Waals surface area contributed by atoms with Gasteiger partial charge in [0.25, 0.3) is 6.71 Å². The van der Waals surface area contributed by atoms with Gasteiger partial charge in [-0.05, 0) is 112 Å². The zero-order valence-corrected chi connectivity index (χ0v) is 29.7. The molecule has 0 bridgehead atoms. The standard InChI is InChI=1S/C46H35BN4O2/c1-46(2,3)31-27-40-44-41(28-31)51(33-16-8-5-9-17-33)39-24-22-34(52-43-20-12-13-25-48-43)29-36(39)47(44)35-26-30(45-49-37-18-10-11-19-42(37)53-45)21-23-38(35)50(40)32-14-6-4-7-15-32/h4-29H,1-3H3. The summed E-state index contributed by atoms with van der Waals surface area (Å²) in [6.45, 7) is 6.75. The van der Waals surface area contributed by atoms with Gasteiger partial charge in [0.2, 0.25) is 11.8 Å². The Morgan fingerprint density at radius 3 is 1.87 bits per heavy atom. The van der Waals surface area contributed by atoms with Crippen molar-refractivity contribution in [2.45, 2.75) is 26.2 Å². The number of pyridine rings is 1. The van der Waals surface area contributed by atoms with Crippen LogP contribution in [-0.4, -0.2) is 16.7 Å². The summed E-state index contributed by atoms with van der Waals surface area (Å²) in [5.41, 5.74) is 14.0. The number of para-hydroxylation sites is 4. The van der Waals surface area contributed by atoms with Crippen molar-refractivity contribution in [1.29, 1.82) is 0 Å². The van der Waals surface area contributed by atoms with Crippen LogP contribution in [0.4, 0.5) is 34.1 Å². The fourth-order valence-electron chi connectivity index (χ4n) is 7.85. The maximum Gasteiger partial charge on any atom is 0.252 e. The minimum Gasteiger partial charge on any atom is -0.439 e. The number of aromatic nitrogens is 2. The predicted molar refractivity (Wildman–Crippen MR) is 216 cm³/mol. The number of ether oxygens (including phenoxy) is 1. The van der Waals surface area contributed by atoms with E-state index in [4.69, 9.17) is 14.1 Å². The van der Waals surface area contributed by atoms with Crippen LogP contribution >= 0.6 is 0 Å². The molecule has 0 radical (unpaired) electrons. The van der Waals surface area contributed by atoms with E-state index in [-0.39, 0.29) is 12.1 Å². The van der Waals surface area contributed by atoms with E-state index >= 15 is 0 Å². The second-order valence-corrected chi connectivity index (χ2v) is 14.7. The molecule has 4 heterocycles. The average molecular weight is 687 g/mol. The molecule has 0 N–H and O–H groups in total. The quantitative estimate of drug-likeness (QED) is 0.168. The molecule has 6 aromatic carbocycles. The Morgan fingerprint density at radius 1 is 0.604 bits per heavy atom. The summed E-state index contributed by atoms with van der Waals surface area (Å²) < 4.78 is 12.8. The van der Waals surface area contributed by atoms with E-state index in [0.29, 0.717) is 11.8 Å². The van der Waals surface area contributed by atoms with E-state index in [1.807, 2.05) is 42.5 Å². The van der Waals surface area contributed by atoms with Crippen LogP contribution in [-0.2, 0) is 5.41 Å². The van der Waals surface area contributed by atoms with E-state index in [9.17, 15) is 0 Å². The highest BCUT2D eigenvalue weighted by molar-refractivity contribution is 7.00. The number of hydrogen-bond donors (Lipinski definition) is 0. The van der Waals surface area contributed by atoms with E-state index in [0.717, 1.165) is 67.5 Å². The highest BCUT2D eigenvalue weighted by atomic mass is 16.5. The molecule has 0 amide bonds. The van der Waals surface area contributed by atoms with Crippen LogP contribution in [0.25, 0.3) is 22.6 Å². The Bertz CT molecular complexity index is 2600. The van der Waals surface area contributed by atoms with Gasteiger partial charge in [-0.2, -0.15) is 0 Å². The lowest BCUT2D eigenvalue weighted by molar-refractivity contribution is 0.463. The third-order valence-corrected chi connectivity index (χ3v) is 10.3. The summed E-state index contributed by atoms with van der Waals surface area (Å²) in [5.74, 6) is 1.88. The molecule has 8 aromatic rings. The molecule has 254 valence electrons. The van der Waals surface area contributed by atoms with Gasteiger partial charge in [-0.25, -0.2) is 9.97 Å². The molecule has 0 spiro atoms. The second kappa shape index (κ2) is 12.0. The van der Waals surface area contributed by atoms with Gasteiger partial charge in [0.05, 0.1) is 0 Å². The summed E-state index contributed by atoms with van der Waals surface area (Å²) in [6.07, 6.45) is 1.75. The minimum atomic E-state index is -0.129. The highest BCUT2D eigenvalue weighted by Gasteiger charge is 2.44. The molecule has 0 aliphatic carbocycles. The summed E-state index contributed by atoms with van der Waals surface area (Å²) in [6, 6.07) is 52.9. The summed E-state index contributed by atoms with van der Waals surface area (Å²) in [5, 5.41) is 0. The van der Waals surface area contributed by atoms with Gasteiger partial charge in [-0.1, -0.05) is 81.4 Å². The van der Waals surface area contributed by atoms with Crippen LogP contribution in [0.5, 0.6) is 11.6 Å². The fraction of sp³-hybridized carbons (Fsp3) is 0.0870. The van der Waals surface area contributed by atoms with E-state index in [1.165, 1.54) is 11.0 Å². The molecule has 0 saturated heterocycles. The monoisotopic (exact) mass is 686 g/mol. The number of fused-ring (bicyclic) bond motifs is 5. The van der Waals surface area contributed by atoms with Crippen LogP contribution in [0.15, 0.2) is 162 Å². The third-order valence-electron chi connectivity index (χ3n) is 10.3. The summed E-state index contributed by atoms with van der Waals surface area (Å²) >= 11 is 0. The molecule has 0 saturated carbocycles. The fourth-order valence-corrected chi connectivity index (χ4v) is 7.85. The van der Waals surface area contributed by atoms with Crippen molar-refractivity contribution in [1.82, 2.24) is 9.97 Å². The normalized spacial score (nSPS) is 13.1. The Kier molecular flexibility index (Phi) is 7.05. The van der Waals surface area contributed by atoms with Gasteiger partial charge >= 0.3 is 0 Å². The topological polar surface area (TPSA) is 54.6 Å². The van der Waals surface area contributed by atoms with Crippen LogP contribution in [0.2, 0.25) is 0 Å². The van der Waals surface area contributed by atoms with E-state index in [1.54, 1.807) is 6.20 Å². The molecular formula is C46H35BN4O2. The first-order valence-corrected chi connectivity index (χ1v) is 18.0. The maximum absolute atomic E-state index is 6.42. The van der Waals surface area contributed by atoms with Gasteiger partial charge in [-0.3, -0.25) is 0 Å². The molecule has 6 nitrogen and oxygen atoms in total. The largest absolute Gasteiger partial charge is 0.439 e. The van der Waals surface area contributed by atoms with Gasteiger partial charge in [-0.15, -0.1) is 0 Å². The van der Waals surface area contributed by atoms with Crippen molar-refractivity contribution in [2.24, 2.45) is 0 Å². The van der Waals surface area contributed by atoms with Crippen molar-refractivity contribution >= 4 is 68.3 Å². The molecule has 0 unspecified atom stereocenters. The first-order chi connectivity index (χ1) is 25.9. The van der Waals surface area contributed by atoms with Gasteiger partial charge in [0.1, 0.15) is 11.3 Å². The number of oxazole rings is 1. The number of benzene rings is 6. The Morgan fingerprint density at radius 2 is 1.23 bits per heavy atom. The highest BCUT2D eigenvalue weighted by Crippen LogP contribution is 2.46. The Hall–Kier alpha value is -6.60. The average Bonchev–Trinajstić information content (AvgIpc) is 3.63. The molecule has 0 fully saturated rings. The van der Waals surface area contributed by atoms with Crippen LogP contribution in [0.1, 0.15) is 26.3 Å². The molecule has 2 aliphatic rings. The smallest absolute Gasteiger partial charge is 0.252 e. The molecule has 7 heteroatoms. The van der Waals surface area contributed by atoms with E-state index < -0.39 is 0 Å². The van der Waals surface area contributed by atoms with Crippen molar-refractivity contribution in [3.8, 4) is 23.1 Å². The zero-order chi connectivity index (χ0) is 35.7. The first kappa shape index (κ1) is 31.2. The molecule has 53 heavy (non-hydrogen) atoms. The number of hydrogen-bond acceptors (Lipinski definition) is 6.